The number of anilines is 1. The molecule has 0 saturated carbocycles. The van der Waals surface area contributed by atoms with E-state index in [1.165, 1.54) is 11.0 Å². The molecule has 0 spiro atoms. The maximum absolute atomic E-state index is 13.3. The smallest absolute Gasteiger partial charge is 0.298 e. The summed E-state index contributed by atoms with van der Waals surface area (Å²) in [5, 5.41) is 7.24. The van der Waals surface area contributed by atoms with E-state index in [1.54, 1.807) is 6.92 Å². The number of carbonyl (C=O) groups is 2. The number of ketones is 1. The summed E-state index contributed by atoms with van der Waals surface area (Å²) in [5.41, 5.74) is 1.39. The van der Waals surface area contributed by atoms with Gasteiger partial charge >= 0.3 is 0 Å². The van der Waals surface area contributed by atoms with Crippen molar-refractivity contribution in [2.45, 2.75) is 13.5 Å². The number of Topliss-reactive ketones (excluding diaryl/α,β-unsaturated/α-hetero) is 1. The van der Waals surface area contributed by atoms with Gasteiger partial charge in [0.2, 0.25) is 0 Å². The molecule has 0 atom stereocenters. The second kappa shape index (κ2) is 3.98. The Balaban J connectivity index is 2.04. The Morgan fingerprint density at radius 2 is 2.11 bits per heavy atom. The number of halogens is 1. The summed E-state index contributed by atoms with van der Waals surface area (Å²) in [4.78, 5) is 24.8. The molecule has 1 aliphatic heterocycles. The van der Waals surface area contributed by atoms with Gasteiger partial charge in [-0.2, -0.15) is 0 Å². The number of aromatic nitrogens is 2. The molecule has 19 heavy (non-hydrogen) atoms. The first-order valence-electron chi connectivity index (χ1n) is 5.51. The van der Waals surface area contributed by atoms with Crippen LogP contribution in [0.3, 0.4) is 0 Å². The lowest BCUT2D eigenvalue weighted by molar-refractivity contribution is -0.114. The fourth-order valence-electron chi connectivity index (χ4n) is 1.97. The summed E-state index contributed by atoms with van der Waals surface area (Å²) in [6.45, 7) is 1.69. The van der Waals surface area contributed by atoms with Crippen LogP contribution in [0.25, 0.3) is 0 Å². The van der Waals surface area contributed by atoms with E-state index in [4.69, 9.17) is 0 Å². The largest absolute Gasteiger partial charge is 0.299 e. The van der Waals surface area contributed by atoms with Crippen LogP contribution in [0.5, 0.6) is 0 Å². The number of carbonyl (C=O) groups excluding carboxylic acids is 2. The molecule has 1 amide bonds. The van der Waals surface area contributed by atoms with Crippen molar-refractivity contribution in [2.24, 2.45) is 0 Å². The van der Waals surface area contributed by atoms with Crippen molar-refractivity contribution in [2.75, 3.05) is 4.90 Å². The van der Waals surface area contributed by atoms with Crippen LogP contribution in [0.4, 0.5) is 10.1 Å². The molecule has 2 aromatic rings. The molecule has 0 bridgehead atoms. The van der Waals surface area contributed by atoms with Crippen LogP contribution in [0.1, 0.15) is 21.7 Å². The molecule has 0 aliphatic carbocycles. The molecular formula is C12H8FN3O3. The summed E-state index contributed by atoms with van der Waals surface area (Å²) >= 11 is 0. The topological polar surface area (TPSA) is 76.3 Å². The zero-order valence-electron chi connectivity index (χ0n) is 9.88. The van der Waals surface area contributed by atoms with Gasteiger partial charge < -0.3 is 0 Å². The molecule has 96 valence electrons. The molecule has 7 heteroatoms. The molecule has 1 aromatic carbocycles. The molecule has 2 heterocycles. The fourth-order valence-corrected chi connectivity index (χ4v) is 1.97. The minimum absolute atomic E-state index is 0.0242. The van der Waals surface area contributed by atoms with E-state index < -0.39 is 17.5 Å². The monoisotopic (exact) mass is 261 g/mol. The highest BCUT2D eigenvalue weighted by molar-refractivity contribution is 6.52. The minimum Gasteiger partial charge on any atom is -0.298 e. The summed E-state index contributed by atoms with van der Waals surface area (Å²) in [7, 11) is 0. The Labute approximate surface area is 106 Å². The van der Waals surface area contributed by atoms with E-state index in [0.717, 1.165) is 12.1 Å². The van der Waals surface area contributed by atoms with Crippen LogP contribution in [0.2, 0.25) is 0 Å². The standard InChI is InChI=1S/C12H8FN3O3/c1-6-9(15-19-14-6)5-16-10-4-7(13)2-3-8(10)11(17)12(16)18/h2-4H,5H2,1H3. The summed E-state index contributed by atoms with van der Waals surface area (Å²) in [5.74, 6) is -1.87. The molecule has 6 nitrogen and oxygen atoms in total. The molecule has 1 aromatic heterocycles. The van der Waals surface area contributed by atoms with Crippen molar-refractivity contribution < 1.29 is 18.6 Å². The van der Waals surface area contributed by atoms with Gasteiger partial charge in [0.1, 0.15) is 17.2 Å². The summed E-state index contributed by atoms with van der Waals surface area (Å²) < 4.78 is 17.8. The van der Waals surface area contributed by atoms with E-state index in [-0.39, 0.29) is 17.8 Å². The van der Waals surface area contributed by atoms with Gasteiger partial charge in [-0.3, -0.25) is 14.5 Å². The number of aryl methyl sites for hydroxylation is 1. The Kier molecular flexibility index (Phi) is 2.41. The average molecular weight is 261 g/mol. The van der Waals surface area contributed by atoms with Crippen LogP contribution in [-0.2, 0) is 11.3 Å². The zero-order chi connectivity index (χ0) is 13.6. The minimum atomic E-state index is -0.706. The van der Waals surface area contributed by atoms with E-state index >= 15 is 0 Å². The molecule has 0 N–H and O–H groups in total. The third-order valence-corrected chi connectivity index (χ3v) is 2.99. The quantitative estimate of drug-likeness (QED) is 0.760. The van der Waals surface area contributed by atoms with Crippen LogP contribution in [-0.4, -0.2) is 22.0 Å². The van der Waals surface area contributed by atoms with Crippen molar-refractivity contribution in [3.05, 3.63) is 41.0 Å². The van der Waals surface area contributed by atoms with Gasteiger partial charge in [0.05, 0.1) is 17.8 Å². The molecule has 0 radical (unpaired) electrons. The molecule has 1 aliphatic rings. The molecule has 0 saturated heterocycles. The lowest BCUT2D eigenvalue weighted by atomic mass is 10.1. The summed E-state index contributed by atoms with van der Waals surface area (Å²) in [6.07, 6.45) is 0. The van der Waals surface area contributed by atoms with E-state index in [2.05, 4.69) is 14.9 Å². The number of nitrogens with zero attached hydrogens (tertiary/aromatic N) is 3. The predicted molar refractivity (Wildman–Crippen MR) is 61.0 cm³/mol. The van der Waals surface area contributed by atoms with Crippen LogP contribution in [0, 0.1) is 12.7 Å². The van der Waals surface area contributed by atoms with Gasteiger partial charge in [0.15, 0.2) is 0 Å². The Bertz CT molecular complexity index is 695. The van der Waals surface area contributed by atoms with Gasteiger partial charge in [0.25, 0.3) is 11.7 Å². The van der Waals surface area contributed by atoms with Crippen molar-refractivity contribution in [3.63, 3.8) is 0 Å². The highest BCUT2D eigenvalue weighted by Crippen LogP contribution is 2.30. The third kappa shape index (κ3) is 1.70. The second-order valence-corrected chi connectivity index (χ2v) is 4.18. The normalized spacial score (nSPS) is 14.1. The van der Waals surface area contributed by atoms with Gasteiger partial charge in [-0.1, -0.05) is 10.3 Å². The number of hydrogen-bond donors (Lipinski definition) is 0. The zero-order valence-corrected chi connectivity index (χ0v) is 9.88. The number of amides is 1. The first kappa shape index (κ1) is 11.5. The molecular weight excluding hydrogens is 253 g/mol. The maximum atomic E-state index is 13.3. The molecule has 0 fully saturated rings. The predicted octanol–water partition coefficient (Wildman–Crippen LogP) is 1.25. The highest BCUT2D eigenvalue weighted by Gasteiger charge is 2.36. The van der Waals surface area contributed by atoms with Crippen molar-refractivity contribution in [1.82, 2.24) is 10.3 Å². The number of hydrogen-bond acceptors (Lipinski definition) is 5. The Morgan fingerprint density at radius 1 is 1.32 bits per heavy atom. The lowest BCUT2D eigenvalue weighted by Crippen LogP contribution is -2.29. The third-order valence-electron chi connectivity index (χ3n) is 2.99. The summed E-state index contributed by atoms with van der Waals surface area (Å²) in [6, 6.07) is 3.61. The van der Waals surface area contributed by atoms with Crippen LogP contribution in [0.15, 0.2) is 22.8 Å². The van der Waals surface area contributed by atoms with Gasteiger partial charge in [-0.15, -0.1) is 0 Å². The maximum Gasteiger partial charge on any atom is 0.299 e. The van der Waals surface area contributed by atoms with Crippen molar-refractivity contribution in [1.29, 1.82) is 0 Å². The van der Waals surface area contributed by atoms with Gasteiger partial charge in [0, 0.05) is 0 Å². The van der Waals surface area contributed by atoms with E-state index in [0.29, 0.717) is 11.4 Å². The van der Waals surface area contributed by atoms with Gasteiger partial charge in [-0.25, -0.2) is 9.02 Å². The lowest BCUT2D eigenvalue weighted by Gasteiger charge is -2.14. The number of benzene rings is 1. The Morgan fingerprint density at radius 3 is 2.79 bits per heavy atom. The highest BCUT2D eigenvalue weighted by atomic mass is 19.1. The van der Waals surface area contributed by atoms with Crippen molar-refractivity contribution in [3.8, 4) is 0 Å². The van der Waals surface area contributed by atoms with E-state index in [1.807, 2.05) is 0 Å². The molecule has 0 unspecified atom stereocenters. The van der Waals surface area contributed by atoms with Crippen molar-refractivity contribution >= 4 is 17.4 Å². The van der Waals surface area contributed by atoms with E-state index in [9.17, 15) is 14.0 Å². The van der Waals surface area contributed by atoms with Gasteiger partial charge in [-0.05, 0) is 25.1 Å². The fraction of sp³-hybridized carbons (Fsp3) is 0.167. The molecule has 3 rings (SSSR count). The second-order valence-electron chi connectivity index (χ2n) is 4.18. The first-order valence-corrected chi connectivity index (χ1v) is 5.51. The number of rotatable bonds is 2. The number of fused-ring (bicyclic) bond motifs is 1. The van der Waals surface area contributed by atoms with Crippen LogP contribution >= 0.6 is 0 Å². The first-order chi connectivity index (χ1) is 9.08. The Hall–Kier alpha value is -2.57. The SMILES string of the molecule is Cc1nonc1CN1C(=O)C(=O)c2ccc(F)cc21. The average Bonchev–Trinajstić information content (AvgIpc) is 2.88. The van der Waals surface area contributed by atoms with Crippen LogP contribution < -0.4 is 4.90 Å².